The lowest BCUT2D eigenvalue weighted by molar-refractivity contribution is 0.278. The van der Waals surface area contributed by atoms with E-state index in [1.165, 1.54) is 12.1 Å². The zero-order valence-corrected chi connectivity index (χ0v) is 14.7. The summed E-state index contributed by atoms with van der Waals surface area (Å²) >= 11 is 0. The molecule has 0 aromatic heterocycles. The minimum absolute atomic E-state index is 0.269. The van der Waals surface area contributed by atoms with Crippen LogP contribution in [0.25, 0.3) is 0 Å². The van der Waals surface area contributed by atoms with E-state index in [1.54, 1.807) is 13.8 Å². The molecule has 0 saturated heterocycles. The summed E-state index contributed by atoms with van der Waals surface area (Å²) < 4.78 is 50.3. The van der Waals surface area contributed by atoms with E-state index in [4.69, 9.17) is 0 Å². The van der Waals surface area contributed by atoms with Crippen LogP contribution < -0.4 is 0 Å². The van der Waals surface area contributed by atoms with Crippen LogP contribution in [0, 0.1) is 23.5 Å². The fourth-order valence-electron chi connectivity index (χ4n) is 3.33. The maximum Gasteiger partial charge on any atom is 0.152 e. The largest absolute Gasteiger partial charge is 0.229 e. The average molecular weight is 344 g/mol. The summed E-state index contributed by atoms with van der Waals surface area (Å²) in [6.45, 7) is 3.47. The molecule has 1 aromatic rings. The molecule has 0 unspecified atom stereocenters. The highest BCUT2D eigenvalue weighted by atomic mass is 32.2. The Morgan fingerprint density at radius 2 is 1.52 bits per heavy atom. The zero-order valence-electron chi connectivity index (χ0n) is 13.9. The van der Waals surface area contributed by atoms with Crippen molar-refractivity contribution in [3.05, 3.63) is 35.4 Å². The molecule has 0 radical (unpaired) electrons. The number of sulfone groups is 1. The van der Waals surface area contributed by atoms with Crippen molar-refractivity contribution < 1.29 is 17.2 Å². The third-order valence-electron chi connectivity index (χ3n) is 4.92. The lowest BCUT2D eigenvalue weighted by Gasteiger charge is -2.28. The molecule has 1 fully saturated rings. The topological polar surface area (TPSA) is 34.1 Å². The second kappa shape index (κ2) is 7.73. The second-order valence-corrected chi connectivity index (χ2v) is 9.68. The number of hydrogen-bond donors (Lipinski definition) is 0. The standard InChI is InChI=1S/C18H26F2O2S/c1-13(2)23(21,22)12-15-6-3-14(4-7-15)5-8-16-9-17(19)11-18(20)10-16/h9-11,13-15H,3-8,12H2,1-2H3. The third kappa shape index (κ3) is 5.55. The SMILES string of the molecule is CC(C)S(=O)(=O)CC1CCC(CCc2cc(F)cc(F)c2)CC1. The molecular weight excluding hydrogens is 318 g/mol. The number of benzene rings is 1. The Hall–Kier alpha value is -0.970. The van der Waals surface area contributed by atoms with Crippen LogP contribution in [0.4, 0.5) is 8.78 Å². The second-order valence-electron chi connectivity index (χ2n) is 7.08. The molecule has 1 aliphatic carbocycles. The van der Waals surface area contributed by atoms with Crippen molar-refractivity contribution >= 4 is 9.84 Å². The molecule has 0 heterocycles. The monoisotopic (exact) mass is 344 g/mol. The van der Waals surface area contributed by atoms with Crippen LogP contribution in [0.5, 0.6) is 0 Å². The number of rotatable bonds is 6. The summed E-state index contributed by atoms with van der Waals surface area (Å²) in [7, 11) is -2.96. The van der Waals surface area contributed by atoms with Crippen LogP contribution in [-0.2, 0) is 16.3 Å². The van der Waals surface area contributed by atoms with Crippen molar-refractivity contribution in [1.82, 2.24) is 0 Å². The van der Waals surface area contributed by atoms with Crippen molar-refractivity contribution in [3.8, 4) is 0 Å². The van der Waals surface area contributed by atoms with Gasteiger partial charge < -0.3 is 0 Å². The van der Waals surface area contributed by atoms with E-state index in [0.717, 1.165) is 38.2 Å². The Bertz CT molecular complexity index is 598. The molecule has 130 valence electrons. The van der Waals surface area contributed by atoms with Gasteiger partial charge in [-0.1, -0.05) is 12.8 Å². The summed E-state index contributed by atoms with van der Waals surface area (Å²) in [4.78, 5) is 0. The molecule has 2 nitrogen and oxygen atoms in total. The Labute approximate surface area is 138 Å². The quantitative estimate of drug-likeness (QED) is 0.760. The first-order chi connectivity index (χ1) is 10.8. The van der Waals surface area contributed by atoms with Gasteiger partial charge in [-0.15, -0.1) is 0 Å². The summed E-state index contributed by atoms with van der Waals surface area (Å²) in [6, 6.07) is 3.68. The maximum atomic E-state index is 13.2. The first-order valence-electron chi connectivity index (χ1n) is 8.43. The van der Waals surface area contributed by atoms with E-state index in [1.807, 2.05) is 0 Å². The van der Waals surface area contributed by atoms with Gasteiger partial charge in [-0.05, 0) is 69.1 Å². The highest BCUT2D eigenvalue weighted by Crippen LogP contribution is 2.33. The van der Waals surface area contributed by atoms with Crippen LogP contribution in [0.15, 0.2) is 18.2 Å². The summed E-state index contributed by atoms with van der Waals surface area (Å²) in [5.41, 5.74) is 0.701. The number of hydrogen-bond acceptors (Lipinski definition) is 2. The fourth-order valence-corrected chi connectivity index (χ4v) is 4.71. The minimum Gasteiger partial charge on any atom is -0.229 e. The van der Waals surface area contributed by atoms with E-state index < -0.39 is 21.5 Å². The summed E-state index contributed by atoms with van der Waals surface area (Å²) in [5, 5.41) is -0.303. The molecule has 0 N–H and O–H groups in total. The highest BCUT2D eigenvalue weighted by Gasteiger charge is 2.27. The van der Waals surface area contributed by atoms with Gasteiger partial charge in [-0.2, -0.15) is 0 Å². The Kier molecular flexibility index (Phi) is 6.18. The molecule has 1 aromatic carbocycles. The molecule has 0 aliphatic heterocycles. The molecule has 5 heteroatoms. The van der Waals surface area contributed by atoms with Crippen molar-refractivity contribution in [2.75, 3.05) is 5.75 Å². The lowest BCUT2D eigenvalue weighted by Crippen LogP contribution is -2.26. The van der Waals surface area contributed by atoms with Gasteiger partial charge in [0, 0.05) is 6.07 Å². The van der Waals surface area contributed by atoms with Crippen molar-refractivity contribution in [1.29, 1.82) is 0 Å². The first-order valence-corrected chi connectivity index (χ1v) is 10.1. The molecule has 23 heavy (non-hydrogen) atoms. The van der Waals surface area contributed by atoms with Crippen LogP contribution >= 0.6 is 0 Å². The van der Waals surface area contributed by atoms with Crippen LogP contribution in [-0.4, -0.2) is 19.4 Å². The van der Waals surface area contributed by atoms with Gasteiger partial charge in [-0.25, -0.2) is 17.2 Å². The molecule has 0 spiro atoms. The maximum absolute atomic E-state index is 13.2. The van der Waals surface area contributed by atoms with Gasteiger partial charge in [0.05, 0.1) is 11.0 Å². The van der Waals surface area contributed by atoms with Gasteiger partial charge in [0.1, 0.15) is 11.6 Å². The normalized spacial score (nSPS) is 22.5. The molecule has 1 saturated carbocycles. The predicted molar refractivity (Wildman–Crippen MR) is 89.0 cm³/mol. The fraction of sp³-hybridized carbons (Fsp3) is 0.667. The van der Waals surface area contributed by atoms with Gasteiger partial charge in [0.2, 0.25) is 0 Å². The summed E-state index contributed by atoms with van der Waals surface area (Å²) in [5.74, 6) is 0.0433. The first kappa shape index (κ1) is 18.4. The van der Waals surface area contributed by atoms with Crippen LogP contribution in [0.2, 0.25) is 0 Å². The van der Waals surface area contributed by atoms with E-state index >= 15 is 0 Å². The predicted octanol–water partition coefficient (Wildman–Crippen LogP) is 4.53. The Balaban J connectivity index is 1.79. The van der Waals surface area contributed by atoms with Crippen molar-refractivity contribution in [2.24, 2.45) is 11.8 Å². The zero-order chi connectivity index (χ0) is 17.0. The highest BCUT2D eigenvalue weighted by molar-refractivity contribution is 7.91. The van der Waals surface area contributed by atoms with E-state index in [0.29, 0.717) is 23.7 Å². The Morgan fingerprint density at radius 3 is 2.04 bits per heavy atom. The smallest absolute Gasteiger partial charge is 0.152 e. The van der Waals surface area contributed by atoms with Crippen LogP contribution in [0.1, 0.15) is 51.5 Å². The molecule has 1 aliphatic rings. The molecular formula is C18H26F2O2S. The number of halogens is 2. The van der Waals surface area contributed by atoms with Crippen molar-refractivity contribution in [3.63, 3.8) is 0 Å². The summed E-state index contributed by atoms with van der Waals surface area (Å²) in [6.07, 6.45) is 5.48. The van der Waals surface area contributed by atoms with E-state index in [2.05, 4.69) is 0 Å². The van der Waals surface area contributed by atoms with Crippen LogP contribution in [0.3, 0.4) is 0 Å². The van der Waals surface area contributed by atoms with Crippen molar-refractivity contribution in [2.45, 2.75) is 57.6 Å². The molecule has 0 amide bonds. The molecule has 0 bridgehead atoms. The van der Waals surface area contributed by atoms with Gasteiger partial charge in [-0.3, -0.25) is 0 Å². The minimum atomic E-state index is -2.96. The number of aryl methyl sites for hydroxylation is 1. The Morgan fingerprint density at radius 1 is 1.00 bits per heavy atom. The molecule has 2 rings (SSSR count). The van der Waals surface area contributed by atoms with Gasteiger partial charge in [0.15, 0.2) is 9.84 Å². The van der Waals surface area contributed by atoms with Gasteiger partial charge >= 0.3 is 0 Å². The van der Waals surface area contributed by atoms with Gasteiger partial charge in [0.25, 0.3) is 0 Å². The van der Waals surface area contributed by atoms with E-state index in [-0.39, 0.29) is 11.2 Å². The molecule has 0 atom stereocenters. The lowest BCUT2D eigenvalue weighted by atomic mass is 9.80. The third-order valence-corrected chi connectivity index (χ3v) is 7.29. The average Bonchev–Trinajstić information content (AvgIpc) is 2.45. The van der Waals surface area contributed by atoms with E-state index in [9.17, 15) is 17.2 Å².